The van der Waals surface area contributed by atoms with Crippen molar-refractivity contribution >= 4 is 40.1 Å². The van der Waals surface area contributed by atoms with Gasteiger partial charge in [-0.1, -0.05) is 53.5 Å². The number of hydrogen-bond donors (Lipinski definition) is 1. The number of carbonyl (C=O) groups is 1. The van der Waals surface area contributed by atoms with E-state index in [-0.39, 0.29) is 33.6 Å². The molecule has 1 N–H and O–H groups in total. The number of carbonyl (C=O) groups excluding carboxylic acids is 1. The van der Waals surface area contributed by atoms with Gasteiger partial charge in [-0.2, -0.15) is 0 Å². The number of fused-ring (bicyclic) bond motifs is 1. The lowest BCUT2D eigenvalue weighted by atomic mass is 10.2. The van der Waals surface area contributed by atoms with Gasteiger partial charge in [-0.05, 0) is 12.5 Å². The molecule has 0 bridgehead atoms. The first kappa shape index (κ1) is 16.6. The summed E-state index contributed by atoms with van der Waals surface area (Å²) in [5, 5.41) is 11.1. The SMILES string of the molecule is CCOC(=O)c1nc(Cl)c2c(c(Cl)cn2Cc2ccccc2)c1O. The largest absolute Gasteiger partial charge is 0.505 e. The van der Waals surface area contributed by atoms with Crippen LogP contribution in [0.2, 0.25) is 10.2 Å². The molecular formula is C17H14Cl2N2O3. The molecule has 0 fully saturated rings. The zero-order valence-electron chi connectivity index (χ0n) is 12.8. The van der Waals surface area contributed by atoms with Crippen LogP contribution in [-0.4, -0.2) is 27.2 Å². The summed E-state index contributed by atoms with van der Waals surface area (Å²) in [6, 6.07) is 9.72. The first-order valence-electron chi connectivity index (χ1n) is 7.30. The van der Waals surface area contributed by atoms with Crippen LogP contribution in [-0.2, 0) is 11.3 Å². The second-order valence-electron chi connectivity index (χ2n) is 5.13. The number of aromatic hydroxyl groups is 1. The minimum atomic E-state index is -0.745. The van der Waals surface area contributed by atoms with Crippen molar-refractivity contribution < 1.29 is 14.6 Å². The summed E-state index contributed by atoms with van der Waals surface area (Å²) in [6.45, 7) is 2.33. The van der Waals surface area contributed by atoms with Crippen LogP contribution in [0.25, 0.3) is 10.9 Å². The lowest BCUT2D eigenvalue weighted by Gasteiger charge is -2.09. The maximum Gasteiger partial charge on any atom is 0.360 e. The van der Waals surface area contributed by atoms with Crippen molar-refractivity contribution in [3.05, 3.63) is 58.0 Å². The van der Waals surface area contributed by atoms with Crippen molar-refractivity contribution in [2.75, 3.05) is 6.61 Å². The molecule has 0 radical (unpaired) electrons. The molecule has 0 atom stereocenters. The molecule has 0 spiro atoms. The van der Waals surface area contributed by atoms with E-state index in [2.05, 4.69) is 4.98 Å². The Labute approximate surface area is 148 Å². The van der Waals surface area contributed by atoms with Crippen LogP contribution in [0.3, 0.4) is 0 Å². The van der Waals surface area contributed by atoms with E-state index in [1.54, 1.807) is 17.7 Å². The molecule has 0 aliphatic rings. The molecule has 3 aromatic rings. The van der Waals surface area contributed by atoms with Crippen molar-refractivity contribution in [3.63, 3.8) is 0 Å². The molecule has 2 aromatic heterocycles. The third-order valence-corrected chi connectivity index (χ3v) is 4.11. The Kier molecular flexibility index (Phi) is 4.64. The number of hydrogen-bond acceptors (Lipinski definition) is 4. The van der Waals surface area contributed by atoms with Crippen LogP contribution in [0.15, 0.2) is 36.5 Å². The highest BCUT2D eigenvalue weighted by Crippen LogP contribution is 2.38. The average molecular weight is 365 g/mol. The summed E-state index contributed by atoms with van der Waals surface area (Å²) in [5.74, 6) is -1.07. The van der Waals surface area contributed by atoms with E-state index in [9.17, 15) is 9.90 Å². The van der Waals surface area contributed by atoms with Gasteiger partial charge in [0.2, 0.25) is 0 Å². The van der Waals surface area contributed by atoms with Gasteiger partial charge < -0.3 is 14.4 Å². The van der Waals surface area contributed by atoms with Crippen LogP contribution in [0, 0.1) is 0 Å². The molecule has 24 heavy (non-hydrogen) atoms. The number of halogens is 2. The van der Waals surface area contributed by atoms with Crippen molar-refractivity contribution in [1.29, 1.82) is 0 Å². The zero-order valence-corrected chi connectivity index (χ0v) is 14.3. The number of ether oxygens (including phenoxy) is 1. The number of benzene rings is 1. The van der Waals surface area contributed by atoms with Gasteiger partial charge in [0.15, 0.2) is 16.6 Å². The van der Waals surface area contributed by atoms with E-state index in [0.29, 0.717) is 12.1 Å². The zero-order chi connectivity index (χ0) is 17.3. The first-order chi connectivity index (χ1) is 11.5. The van der Waals surface area contributed by atoms with Crippen molar-refractivity contribution in [2.45, 2.75) is 13.5 Å². The fourth-order valence-corrected chi connectivity index (χ4v) is 3.12. The van der Waals surface area contributed by atoms with Crippen molar-refractivity contribution in [2.24, 2.45) is 0 Å². The van der Waals surface area contributed by atoms with Crippen molar-refractivity contribution in [1.82, 2.24) is 9.55 Å². The van der Waals surface area contributed by atoms with Crippen molar-refractivity contribution in [3.8, 4) is 5.75 Å². The molecule has 1 aromatic carbocycles. The average Bonchev–Trinajstić information content (AvgIpc) is 2.89. The van der Waals surface area contributed by atoms with Gasteiger partial charge in [-0.3, -0.25) is 0 Å². The predicted molar refractivity (Wildman–Crippen MR) is 92.9 cm³/mol. The summed E-state index contributed by atoms with van der Waals surface area (Å²) in [4.78, 5) is 15.9. The monoisotopic (exact) mass is 364 g/mol. The number of rotatable bonds is 4. The van der Waals surface area contributed by atoms with Crippen LogP contribution < -0.4 is 0 Å². The van der Waals surface area contributed by atoms with Gasteiger partial charge in [0, 0.05) is 12.7 Å². The van der Waals surface area contributed by atoms with E-state index < -0.39 is 5.97 Å². The number of aromatic nitrogens is 2. The lowest BCUT2D eigenvalue weighted by molar-refractivity contribution is 0.0516. The Balaban J connectivity index is 2.15. The van der Waals surface area contributed by atoms with Gasteiger partial charge in [-0.15, -0.1) is 0 Å². The van der Waals surface area contributed by atoms with Crippen LogP contribution >= 0.6 is 23.2 Å². The minimum Gasteiger partial charge on any atom is -0.505 e. The second-order valence-corrected chi connectivity index (χ2v) is 5.90. The quantitative estimate of drug-likeness (QED) is 0.554. The van der Waals surface area contributed by atoms with Gasteiger partial charge in [0.25, 0.3) is 0 Å². The first-order valence-corrected chi connectivity index (χ1v) is 8.06. The third kappa shape index (κ3) is 2.92. The lowest BCUT2D eigenvalue weighted by Crippen LogP contribution is -2.08. The Hall–Kier alpha value is -2.24. The standard InChI is InChI=1S/C17H14Cl2N2O3/c1-2-24-17(23)13-15(22)12-11(18)9-21(14(12)16(19)20-13)8-10-6-4-3-5-7-10/h3-7,9,22H,2,8H2,1H3. The molecule has 0 saturated carbocycles. The molecule has 124 valence electrons. The molecule has 0 saturated heterocycles. The molecule has 5 nitrogen and oxygen atoms in total. The van der Waals surface area contributed by atoms with Crippen LogP contribution in [0.4, 0.5) is 0 Å². The molecule has 0 aliphatic carbocycles. The normalized spacial score (nSPS) is 11.0. The maximum atomic E-state index is 11.9. The molecular weight excluding hydrogens is 351 g/mol. The van der Waals surface area contributed by atoms with Crippen LogP contribution in [0.5, 0.6) is 5.75 Å². The molecule has 0 aliphatic heterocycles. The summed E-state index contributed by atoms with van der Waals surface area (Å²) in [7, 11) is 0. The second kappa shape index (κ2) is 6.71. The summed E-state index contributed by atoms with van der Waals surface area (Å²) in [6.07, 6.45) is 1.65. The summed E-state index contributed by atoms with van der Waals surface area (Å²) < 4.78 is 6.67. The molecule has 3 rings (SSSR count). The van der Waals surface area contributed by atoms with E-state index in [4.69, 9.17) is 27.9 Å². The van der Waals surface area contributed by atoms with E-state index in [1.165, 1.54) is 0 Å². The van der Waals surface area contributed by atoms with Crippen LogP contribution in [0.1, 0.15) is 23.0 Å². The van der Waals surface area contributed by atoms with E-state index in [1.807, 2.05) is 30.3 Å². The smallest absolute Gasteiger partial charge is 0.360 e. The highest BCUT2D eigenvalue weighted by molar-refractivity contribution is 6.40. The molecule has 0 amide bonds. The number of esters is 1. The topological polar surface area (TPSA) is 64.3 Å². The Morgan fingerprint density at radius 1 is 1.29 bits per heavy atom. The predicted octanol–water partition coefficient (Wildman–Crippen LogP) is 4.27. The molecule has 7 heteroatoms. The Bertz CT molecular complexity index is 907. The highest BCUT2D eigenvalue weighted by atomic mass is 35.5. The van der Waals surface area contributed by atoms with Gasteiger partial charge in [0.05, 0.1) is 22.5 Å². The third-order valence-electron chi connectivity index (χ3n) is 3.56. The van der Waals surface area contributed by atoms with E-state index >= 15 is 0 Å². The number of pyridine rings is 1. The highest BCUT2D eigenvalue weighted by Gasteiger charge is 2.24. The summed E-state index contributed by atoms with van der Waals surface area (Å²) >= 11 is 12.5. The number of nitrogens with zero attached hydrogens (tertiary/aromatic N) is 2. The Morgan fingerprint density at radius 2 is 2.00 bits per heavy atom. The van der Waals surface area contributed by atoms with Gasteiger partial charge in [0.1, 0.15) is 0 Å². The fourth-order valence-electron chi connectivity index (χ4n) is 2.54. The van der Waals surface area contributed by atoms with Gasteiger partial charge >= 0.3 is 5.97 Å². The molecule has 0 unspecified atom stereocenters. The maximum absolute atomic E-state index is 11.9. The fraction of sp³-hybridized carbons (Fsp3) is 0.176. The van der Waals surface area contributed by atoms with Gasteiger partial charge in [-0.25, -0.2) is 9.78 Å². The van der Waals surface area contributed by atoms with E-state index in [0.717, 1.165) is 5.56 Å². The summed E-state index contributed by atoms with van der Waals surface area (Å²) in [5.41, 5.74) is 1.26. The molecule has 2 heterocycles. The Morgan fingerprint density at radius 3 is 2.67 bits per heavy atom. The minimum absolute atomic E-state index is 0.0775.